The van der Waals surface area contributed by atoms with Crippen LogP contribution in [-0.2, 0) is 11.2 Å². The van der Waals surface area contributed by atoms with E-state index in [-0.39, 0.29) is 11.7 Å². The van der Waals surface area contributed by atoms with Gasteiger partial charge in [0, 0.05) is 48.9 Å². The van der Waals surface area contributed by atoms with Crippen LogP contribution in [0.15, 0.2) is 83.9 Å². The van der Waals surface area contributed by atoms with Crippen molar-refractivity contribution in [1.29, 1.82) is 0 Å². The van der Waals surface area contributed by atoms with Gasteiger partial charge in [0.1, 0.15) is 6.04 Å². The van der Waals surface area contributed by atoms with Crippen LogP contribution < -0.4 is 9.80 Å². The monoisotopic (exact) mass is 486 g/mol. The first-order valence-electron chi connectivity index (χ1n) is 11.8. The SMILES string of the molecule is CC(=O)c1ccc(N2CCN(C3=NC(Cc4ccccc4)C(=O)N3c3ccc(Cl)cc3)CC2)cc1. The maximum atomic E-state index is 13.5. The van der Waals surface area contributed by atoms with Crippen molar-refractivity contribution in [2.24, 2.45) is 4.99 Å². The van der Waals surface area contributed by atoms with Gasteiger partial charge < -0.3 is 9.80 Å². The maximum Gasteiger partial charge on any atom is 0.259 e. The molecule has 3 aromatic carbocycles. The van der Waals surface area contributed by atoms with E-state index < -0.39 is 6.04 Å². The van der Waals surface area contributed by atoms with Crippen molar-refractivity contribution in [3.8, 4) is 0 Å². The lowest BCUT2D eigenvalue weighted by molar-refractivity contribution is -0.118. The molecule has 7 heteroatoms. The molecule has 0 aromatic heterocycles. The molecule has 0 radical (unpaired) electrons. The summed E-state index contributed by atoms with van der Waals surface area (Å²) in [6.45, 7) is 4.65. The van der Waals surface area contributed by atoms with Crippen molar-refractivity contribution < 1.29 is 9.59 Å². The second-order valence-corrected chi connectivity index (χ2v) is 9.30. The van der Waals surface area contributed by atoms with E-state index in [2.05, 4.69) is 9.80 Å². The molecule has 1 fully saturated rings. The summed E-state index contributed by atoms with van der Waals surface area (Å²) in [6.07, 6.45) is 0.565. The average molecular weight is 487 g/mol. The lowest BCUT2D eigenvalue weighted by atomic mass is 10.1. The first-order chi connectivity index (χ1) is 17.0. The van der Waals surface area contributed by atoms with E-state index >= 15 is 0 Å². The third kappa shape index (κ3) is 4.93. The van der Waals surface area contributed by atoms with E-state index in [9.17, 15) is 9.59 Å². The molecule has 1 saturated heterocycles. The Balaban J connectivity index is 1.36. The van der Waals surface area contributed by atoms with Gasteiger partial charge in [0.25, 0.3) is 5.91 Å². The Bertz CT molecular complexity index is 1230. The van der Waals surface area contributed by atoms with Gasteiger partial charge in [-0.15, -0.1) is 0 Å². The normalized spacial score (nSPS) is 18.1. The maximum absolute atomic E-state index is 13.5. The Hall–Kier alpha value is -3.64. The zero-order valence-corrected chi connectivity index (χ0v) is 20.4. The van der Waals surface area contributed by atoms with Crippen LogP contribution >= 0.6 is 11.6 Å². The smallest absolute Gasteiger partial charge is 0.259 e. The molecule has 0 aliphatic carbocycles. The predicted octanol–water partition coefficient (Wildman–Crippen LogP) is 4.68. The number of aliphatic imine (C=N–C) groups is 1. The summed E-state index contributed by atoms with van der Waals surface area (Å²) in [5, 5.41) is 0.629. The number of hydrogen-bond acceptors (Lipinski definition) is 5. The summed E-state index contributed by atoms with van der Waals surface area (Å²) in [4.78, 5) is 36.3. The standard InChI is InChI=1S/C28H27ClN4O2/c1-20(34)22-7-11-24(12-8-22)31-15-17-32(18-16-31)28-30-26(19-21-5-3-2-4-6-21)27(35)33(28)25-13-9-23(29)10-14-25/h2-14,26H,15-19H2,1H3. The molecule has 0 saturated carbocycles. The van der Waals surface area contributed by atoms with Gasteiger partial charge in [-0.05, 0) is 61.0 Å². The van der Waals surface area contributed by atoms with Crippen LogP contribution in [0.3, 0.4) is 0 Å². The van der Waals surface area contributed by atoms with Crippen LogP contribution in [0.5, 0.6) is 0 Å². The van der Waals surface area contributed by atoms with E-state index in [0.717, 1.165) is 43.1 Å². The summed E-state index contributed by atoms with van der Waals surface area (Å²) in [5.41, 5.74) is 3.67. The van der Waals surface area contributed by atoms with Crippen LogP contribution in [0.25, 0.3) is 0 Å². The van der Waals surface area contributed by atoms with Crippen molar-refractivity contribution in [3.05, 3.63) is 95.0 Å². The average Bonchev–Trinajstić information content (AvgIpc) is 3.21. The first-order valence-corrected chi connectivity index (χ1v) is 12.2. The number of rotatable bonds is 5. The number of ketones is 1. The predicted molar refractivity (Wildman–Crippen MR) is 141 cm³/mol. The zero-order valence-electron chi connectivity index (χ0n) is 19.6. The minimum absolute atomic E-state index is 0.0200. The number of carbonyl (C=O) groups excluding carboxylic acids is 2. The largest absolute Gasteiger partial charge is 0.368 e. The summed E-state index contributed by atoms with van der Waals surface area (Å²) in [6, 6.07) is 24.6. The topological polar surface area (TPSA) is 56.2 Å². The zero-order chi connectivity index (χ0) is 24.4. The molecule has 1 amide bonds. The van der Waals surface area contributed by atoms with Gasteiger partial charge in [0.2, 0.25) is 5.96 Å². The Morgan fingerprint density at radius 1 is 0.857 bits per heavy atom. The Kier molecular flexibility index (Phi) is 6.55. The lowest BCUT2D eigenvalue weighted by Crippen LogP contribution is -2.53. The molecule has 2 aliphatic heterocycles. The Morgan fingerprint density at radius 2 is 1.46 bits per heavy atom. The molecule has 0 N–H and O–H groups in total. The van der Waals surface area contributed by atoms with Crippen LogP contribution in [0.2, 0.25) is 5.02 Å². The van der Waals surface area contributed by atoms with Crippen molar-refractivity contribution in [2.45, 2.75) is 19.4 Å². The second kappa shape index (κ2) is 9.92. The number of halogens is 1. The number of nitrogens with zero attached hydrogens (tertiary/aromatic N) is 4. The van der Waals surface area contributed by atoms with E-state index in [4.69, 9.17) is 16.6 Å². The fourth-order valence-electron chi connectivity index (χ4n) is 4.60. The number of piperazine rings is 1. The molecule has 178 valence electrons. The number of guanidine groups is 1. The number of hydrogen-bond donors (Lipinski definition) is 0. The molecule has 2 aliphatic rings. The highest BCUT2D eigenvalue weighted by molar-refractivity contribution is 6.30. The molecule has 6 nitrogen and oxygen atoms in total. The van der Waals surface area contributed by atoms with Gasteiger partial charge in [-0.3, -0.25) is 9.59 Å². The molecule has 0 bridgehead atoms. The summed E-state index contributed by atoms with van der Waals surface area (Å²) >= 11 is 6.11. The number of carbonyl (C=O) groups is 2. The molecule has 1 atom stereocenters. The van der Waals surface area contributed by atoms with Crippen molar-refractivity contribution in [2.75, 3.05) is 36.0 Å². The molecule has 0 spiro atoms. The number of benzene rings is 3. The van der Waals surface area contributed by atoms with E-state index in [0.29, 0.717) is 23.0 Å². The van der Waals surface area contributed by atoms with Gasteiger partial charge >= 0.3 is 0 Å². The highest BCUT2D eigenvalue weighted by Gasteiger charge is 2.39. The van der Waals surface area contributed by atoms with Gasteiger partial charge in [-0.1, -0.05) is 41.9 Å². The van der Waals surface area contributed by atoms with Crippen molar-refractivity contribution in [3.63, 3.8) is 0 Å². The number of Topliss-reactive ketones (excluding diaryl/α,β-unsaturated/α-hetero) is 1. The third-order valence-electron chi connectivity index (χ3n) is 6.53. The third-order valence-corrected chi connectivity index (χ3v) is 6.79. The lowest BCUT2D eigenvalue weighted by Gasteiger charge is -2.38. The first kappa shape index (κ1) is 23.1. The minimum atomic E-state index is -0.458. The molecular formula is C28H27ClN4O2. The van der Waals surface area contributed by atoms with Crippen LogP contribution in [-0.4, -0.2) is 54.8 Å². The molecule has 3 aromatic rings. The molecule has 35 heavy (non-hydrogen) atoms. The minimum Gasteiger partial charge on any atom is -0.368 e. The molecule has 2 heterocycles. The Morgan fingerprint density at radius 3 is 2.09 bits per heavy atom. The summed E-state index contributed by atoms with van der Waals surface area (Å²) in [7, 11) is 0. The van der Waals surface area contributed by atoms with E-state index in [1.807, 2.05) is 66.7 Å². The van der Waals surface area contributed by atoms with Gasteiger partial charge in [-0.25, -0.2) is 9.89 Å². The fraction of sp³-hybridized carbons (Fsp3) is 0.250. The van der Waals surface area contributed by atoms with Gasteiger partial charge in [0.05, 0.1) is 5.69 Å². The van der Waals surface area contributed by atoms with Gasteiger partial charge in [0.15, 0.2) is 5.78 Å². The van der Waals surface area contributed by atoms with Gasteiger partial charge in [-0.2, -0.15) is 0 Å². The summed E-state index contributed by atoms with van der Waals surface area (Å²) in [5.74, 6) is 0.746. The van der Waals surface area contributed by atoms with E-state index in [1.165, 1.54) is 0 Å². The Labute approximate surface area is 210 Å². The van der Waals surface area contributed by atoms with Crippen LogP contribution in [0.4, 0.5) is 11.4 Å². The number of amides is 1. The van der Waals surface area contributed by atoms with Crippen LogP contribution in [0.1, 0.15) is 22.8 Å². The number of anilines is 2. The molecular weight excluding hydrogens is 460 g/mol. The van der Waals surface area contributed by atoms with E-state index in [1.54, 1.807) is 24.0 Å². The van der Waals surface area contributed by atoms with Crippen molar-refractivity contribution in [1.82, 2.24) is 4.90 Å². The molecule has 1 unspecified atom stereocenters. The second-order valence-electron chi connectivity index (χ2n) is 8.86. The summed E-state index contributed by atoms with van der Waals surface area (Å²) < 4.78 is 0. The molecule has 5 rings (SSSR count). The van der Waals surface area contributed by atoms with Crippen molar-refractivity contribution >= 4 is 40.6 Å². The highest BCUT2D eigenvalue weighted by Crippen LogP contribution is 2.27. The fourth-order valence-corrected chi connectivity index (χ4v) is 4.72. The quantitative estimate of drug-likeness (QED) is 0.491. The highest BCUT2D eigenvalue weighted by atomic mass is 35.5. The van der Waals surface area contributed by atoms with Crippen LogP contribution in [0, 0.1) is 0 Å².